The van der Waals surface area contributed by atoms with Crippen LogP contribution in [0.1, 0.15) is 68.8 Å². The summed E-state index contributed by atoms with van der Waals surface area (Å²) in [6.45, 7) is 8.63. The first-order valence-electron chi connectivity index (χ1n) is 9.55. The molecule has 1 aromatic carbocycles. The van der Waals surface area contributed by atoms with Gasteiger partial charge in [-0.2, -0.15) is 0 Å². The van der Waals surface area contributed by atoms with Gasteiger partial charge in [0, 0.05) is 18.7 Å². The molecule has 1 heterocycles. The Hall–Kier alpha value is -1.51. The number of benzene rings is 1. The highest BCUT2D eigenvalue weighted by molar-refractivity contribution is 5.98. The highest BCUT2D eigenvalue weighted by Gasteiger charge is 2.32. The maximum Gasteiger partial charge on any atom is 0.254 e. The van der Waals surface area contributed by atoms with Gasteiger partial charge in [-0.1, -0.05) is 26.8 Å². The van der Waals surface area contributed by atoms with Crippen molar-refractivity contribution in [2.75, 3.05) is 6.54 Å². The Kier molecular flexibility index (Phi) is 5.17. The number of carbonyl (C=O) groups is 1. The fraction of sp³-hybridized carbons (Fsp3) is 0.667. The van der Waals surface area contributed by atoms with Gasteiger partial charge in [0.2, 0.25) is 0 Å². The van der Waals surface area contributed by atoms with Crippen molar-refractivity contribution in [3.8, 4) is 5.75 Å². The van der Waals surface area contributed by atoms with E-state index in [1.54, 1.807) is 12.1 Å². The molecule has 2 aliphatic rings. The molecule has 3 rings (SSSR count). The number of aromatic hydroxyl groups is 1. The van der Waals surface area contributed by atoms with Gasteiger partial charge in [-0.3, -0.25) is 4.79 Å². The number of nitrogens with zero attached hydrogens (tertiary/aromatic N) is 1. The predicted molar refractivity (Wildman–Crippen MR) is 96.9 cm³/mol. The van der Waals surface area contributed by atoms with E-state index >= 15 is 0 Å². The smallest absolute Gasteiger partial charge is 0.254 e. The number of phenolic OH excluding ortho intramolecular Hbond substituents is 1. The lowest BCUT2D eigenvalue weighted by molar-refractivity contribution is 0.0719. The number of carbonyl (C=O) groups excluding carboxylic acids is 1. The zero-order valence-electron chi connectivity index (χ0n) is 15.3. The average Bonchev–Trinajstić information content (AvgIpc) is 2.83. The third kappa shape index (κ3) is 3.76. The van der Waals surface area contributed by atoms with Crippen molar-refractivity contribution in [1.29, 1.82) is 0 Å². The van der Waals surface area contributed by atoms with Crippen LogP contribution in [0.3, 0.4) is 0 Å². The molecule has 1 unspecified atom stereocenters. The molecule has 3 nitrogen and oxygen atoms in total. The van der Waals surface area contributed by atoms with Crippen molar-refractivity contribution in [2.24, 2.45) is 23.7 Å². The summed E-state index contributed by atoms with van der Waals surface area (Å²) in [5, 5.41) is 9.59. The lowest BCUT2D eigenvalue weighted by Gasteiger charge is -2.34. The quantitative estimate of drug-likeness (QED) is 0.840. The Labute approximate surface area is 146 Å². The minimum atomic E-state index is 0.0937. The maximum absolute atomic E-state index is 12.5. The molecule has 132 valence electrons. The van der Waals surface area contributed by atoms with Gasteiger partial charge >= 0.3 is 0 Å². The Balaban J connectivity index is 1.52. The van der Waals surface area contributed by atoms with E-state index in [-0.39, 0.29) is 11.7 Å². The molecule has 0 radical (unpaired) electrons. The summed E-state index contributed by atoms with van der Waals surface area (Å²) < 4.78 is 0. The summed E-state index contributed by atoms with van der Waals surface area (Å²) in [6.07, 6.45) is 6.46. The second-order valence-corrected chi connectivity index (χ2v) is 8.41. The maximum atomic E-state index is 12.5. The normalized spacial score (nSPS) is 25.2. The first-order valence-corrected chi connectivity index (χ1v) is 9.55. The van der Waals surface area contributed by atoms with E-state index < -0.39 is 0 Å². The van der Waals surface area contributed by atoms with Gasteiger partial charge in [0.25, 0.3) is 5.91 Å². The van der Waals surface area contributed by atoms with Crippen LogP contribution in [0, 0.1) is 23.7 Å². The summed E-state index contributed by atoms with van der Waals surface area (Å²) in [7, 11) is 0. The fourth-order valence-electron chi connectivity index (χ4n) is 4.68. The Morgan fingerprint density at radius 1 is 1.17 bits per heavy atom. The summed E-state index contributed by atoms with van der Waals surface area (Å²) >= 11 is 0. The summed E-state index contributed by atoms with van der Waals surface area (Å²) in [4.78, 5) is 14.5. The molecule has 1 N–H and O–H groups in total. The Morgan fingerprint density at radius 3 is 2.54 bits per heavy atom. The number of phenols is 1. The van der Waals surface area contributed by atoms with E-state index in [1.807, 2.05) is 11.0 Å². The van der Waals surface area contributed by atoms with Crippen molar-refractivity contribution < 1.29 is 9.90 Å². The van der Waals surface area contributed by atoms with Gasteiger partial charge < -0.3 is 10.0 Å². The molecule has 1 atom stereocenters. The molecule has 0 spiro atoms. The second kappa shape index (κ2) is 7.16. The highest BCUT2D eigenvalue weighted by Crippen LogP contribution is 2.37. The highest BCUT2D eigenvalue weighted by atomic mass is 16.3. The molecule has 1 aliphatic carbocycles. The second-order valence-electron chi connectivity index (χ2n) is 8.41. The van der Waals surface area contributed by atoms with E-state index in [1.165, 1.54) is 32.1 Å². The van der Waals surface area contributed by atoms with Crippen molar-refractivity contribution in [1.82, 2.24) is 4.90 Å². The number of fused-ring (bicyclic) bond motifs is 1. The molecule has 0 aromatic heterocycles. The predicted octanol–water partition coefficient (Wildman–Crippen LogP) is 4.84. The van der Waals surface area contributed by atoms with Crippen LogP contribution in [-0.4, -0.2) is 22.5 Å². The monoisotopic (exact) mass is 329 g/mol. The topological polar surface area (TPSA) is 40.5 Å². The third-order valence-corrected chi connectivity index (χ3v) is 5.99. The molecular weight excluding hydrogens is 298 g/mol. The van der Waals surface area contributed by atoms with E-state index in [9.17, 15) is 9.90 Å². The van der Waals surface area contributed by atoms with E-state index in [0.29, 0.717) is 18.0 Å². The number of rotatable bonds is 5. The molecule has 1 saturated carbocycles. The van der Waals surface area contributed by atoms with Gasteiger partial charge in [-0.05, 0) is 73.5 Å². The van der Waals surface area contributed by atoms with Gasteiger partial charge in [-0.15, -0.1) is 0 Å². The van der Waals surface area contributed by atoms with Crippen LogP contribution in [-0.2, 0) is 6.54 Å². The van der Waals surface area contributed by atoms with Crippen molar-refractivity contribution in [3.63, 3.8) is 0 Å². The van der Waals surface area contributed by atoms with Crippen molar-refractivity contribution in [3.05, 3.63) is 29.3 Å². The molecule has 1 aromatic rings. The van der Waals surface area contributed by atoms with Crippen LogP contribution in [0.4, 0.5) is 0 Å². The van der Waals surface area contributed by atoms with E-state index in [2.05, 4.69) is 20.8 Å². The molecule has 0 saturated heterocycles. The Bertz CT molecular complexity index is 588. The summed E-state index contributed by atoms with van der Waals surface area (Å²) in [5.74, 6) is 3.40. The fourth-order valence-corrected chi connectivity index (χ4v) is 4.68. The van der Waals surface area contributed by atoms with Gasteiger partial charge in [0.05, 0.1) is 0 Å². The van der Waals surface area contributed by atoms with Crippen LogP contribution in [0.25, 0.3) is 0 Å². The lowest BCUT2D eigenvalue weighted by Crippen LogP contribution is -2.32. The molecule has 3 heteroatoms. The first-order chi connectivity index (χ1) is 11.4. The first kappa shape index (κ1) is 17.3. The van der Waals surface area contributed by atoms with Crippen LogP contribution < -0.4 is 0 Å². The zero-order valence-corrected chi connectivity index (χ0v) is 15.3. The minimum absolute atomic E-state index is 0.0937. The van der Waals surface area contributed by atoms with Crippen LogP contribution in [0.15, 0.2) is 18.2 Å². The standard InChI is InChI=1S/C21H31NO2/c1-14(2)10-15(3)17-6-4-16(5-7-17)12-22-13-18-8-9-19(23)11-20(18)21(22)24/h8-9,11,14-17,23H,4-7,10,12-13H2,1-3H3. The minimum Gasteiger partial charge on any atom is -0.508 e. The third-order valence-electron chi connectivity index (χ3n) is 5.99. The van der Waals surface area contributed by atoms with Crippen LogP contribution in [0.5, 0.6) is 5.75 Å². The van der Waals surface area contributed by atoms with Gasteiger partial charge in [0.1, 0.15) is 5.75 Å². The number of amides is 1. The average molecular weight is 329 g/mol. The number of hydrogen-bond acceptors (Lipinski definition) is 2. The molecular formula is C21H31NO2. The molecule has 1 aliphatic heterocycles. The van der Waals surface area contributed by atoms with Gasteiger partial charge in [0.15, 0.2) is 0 Å². The van der Waals surface area contributed by atoms with E-state index in [4.69, 9.17) is 0 Å². The van der Waals surface area contributed by atoms with Crippen molar-refractivity contribution >= 4 is 5.91 Å². The number of hydrogen-bond donors (Lipinski definition) is 1. The SMILES string of the molecule is CC(C)CC(C)C1CCC(CN2Cc3ccc(O)cc3C2=O)CC1. The van der Waals surface area contributed by atoms with Crippen molar-refractivity contribution in [2.45, 2.75) is 59.4 Å². The molecule has 0 bridgehead atoms. The zero-order chi connectivity index (χ0) is 17.3. The molecule has 1 amide bonds. The lowest BCUT2D eigenvalue weighted by atomic mass is 9.74. The van der Waals surface area contributed by atoms with Gasteiger partial charge in [-0.25, -0.2) is 0 Å². The Morgan fingerprint density at radius 2 is 1.88 bits per heavy atom. The summed E-state index contributed by atoms with van der Waals surface area (Å²) in [6, 6.07) is 5.17. The largest absolute Gasteiger partial charge is 0.508 e. The molecule has 1 fully saturated rings. The van der Waals surface area contributed by atoms with E-state index in [0.717, 1.165) is 29.9 Å². The van der Waals surface area contributed by atoms with Crippen LogP contribution >= 0.6 is 0 Å². The summed E-state index contributed by atoms with van der Waals surface area (Å²) in [5.41, 5.74) is 1.74. The molecule has 24 heavy (non-hydrogen) atoms. The van der Waals surface area contributed by atoms with Crippen LogP contribution in [0.2, 0.25) is 0 Å².